The summed E-state index contributed by atoms with van der Waals surface area (Å²) in [6.45, 7) is 2.41. The van der Waals surface area contributed by atoms with E-state index in [1.807, 2.05) is 0 Å². The molecule has 2 atom stereocenters. The second-order valence-electron chi connectivity index (χ2n) is 4.33. The van der Waals surface area contributed by atoms with Crippen LogP contribution >= 0.6 is 0 Å². The molecular weight excluding hydrogens is 197 g/mol. The SMILES string of the molecule is CC1(C(=O)O)NCCC1CCCB(O)O. The van der Waals surface area contributed by atoms with Gasteiger partial charge in [-0.2, -0.15) is 0 Å². The van der Waals surface area contributed by atoms with E-state index >= 15 is 0 Å². The summed E-state index contributed by atoms with van der Waals surface area (Å²) in [7, 11) is -1.28. The van der Waals surface area contributed by atoms with E-state index in [4.69, 9.17) is 15.2 Å². The van der Waals surface area contributed by atoms with E-state index in [-0.39, 0.29) is 5.92 Å². The first-order valence-electron chi connectivity index (χ1n) is 5.31. The summed E-state index contributed by atoms with van der Waals surface area (Å²) in [6.07, 6.45) is 2.51. The van der Waals surface area contributed by atoms with Crippen LogP contribution in [-0.4, -0.2) is 40.3 Å². The molecule has 4 N–H and O–H groups in total. The Morgan fingerprint density at radius 1 is 1.60 bits per heavy atom. The van der Waals surface area contributed by atoms with Crippen LogP contribution in [0.2, 0.25) is 6.32 Å². The van der Waals surface area contributed by atoms with E-state index < -0.39 is 18.6 Å². The lowest BCUT2D eigenvalue weighted by molar-refractivity contribution is -0.145. The highest BCUT2D eigenvalue weighted by atomic mass is 16.4. The summed E-state index contributed by atoms with van der Waals surface area (Å²) >= 11 is 0. The molecule has 0 radical (unpaired) electrons. The summed E-state index contributed by atoms with van der Waals surface area (Å²) in [4.78, 5) is 11.1. The van der Waals surface area contributed by atoms with E-state index in [9.17, 15) is 4.79 Å². The predicted octanol–water partition coefficient (Wildman–Crippen LogP) is -0.308. The van der Waals surface area contributed by atoms with Crippen LogP contribution in [0.3, 0.4) is 0 Å². The van der Waals surface area contributed by atoms with Crippen LogP contribution < -0.4 is 5.32 Å². The summed E-state index contributed by atoms with van der Waals surface area (Å²) in [5.74, 6) is -0.747. The van der Waals surface area contributed by atoms with E-state index in [2.05, 4.69) is 5.32 Å². The highest BCUT2D eigenvalue weighted by Gasteiger charge is 2.44. The van der Waals surface area contributed by atoms with Crippen molar-refractivity contribution in [3.8, 4) is 0 Å². The Morgan fingerprint density at radius 3 is 2.80 bits per heavy atom. The zero-order valence-corrected chi connectivity index (χ0v) is 8.94. The van der Waals surface area contributed by atoms with Gasteiger partial charge in [0, 0.05) is 0 Å². The van der Waals surface area contributed by atoms with Gasteiger partial charge in [0.05, 0.1) is 0 Å². The molecule has 1 aliphatic rings. The molecule has 1 saturated heterocycles. The Labute approximate surface area is 89.6 Å². The summed E-state index contributed by atoms with van der Waals surface area (Å²) in [5, 5.41) is 29.5. The molecule has 2 unspecified atom stereocenters. The first-order valence-corrected chi connectivity index (χ1v) is 5.31. The molecule has 6 heteroatoms. The number of hydrogen-bond donors (Lipinski definition) is 4. The lowest BCUT2D eigenvalue weighted by Crippen LogP contribution is -2.49. The zero-order valence-electron chi connectivity index (χ0n) is 8.94. The largest absolute Gasteiger partial charge is 0.480 e. The lowest BCUT2D eigenvalue weighted by Gasteiger charge is -2.26. The monoisotopic (exact) mass is 215 g/mol. The normalized spacial score (nSPS) is 30.5. The minimum atomic E-state index is -1.28. The highest BCUT2D eigenvalue weighted by Crippen LogP contribution is 2.31. The molecule has 0 aliphatic carbocycles. The minimum absolute atomic E-state index is 0.0775. The summed E-state index contributed by atoms with van der Waals surface area (Å²) in [5.41, 5.74) is -0.847. The van der Waals surface area contributed by atoms with Crippen molar-refractivity contribution in [3.05, 3.63) is 0 Å². The Bertz CT molecular complexity index is 236. The van der Waals surface area contributed by atoms with Crippen LogP contribution in [0.4, 0.5) is 0 Å². The molecule has 86 valence electrons. The quantitative estimate of drug-likeness (QED) is 0.472. The van der Waals surface area contributed by atoms with Gasteiger partial charge in [-0.15, -0.1) is 0 Å². The number of hydrogen-bond acceptors (Lipinski definition) is 4. The van der Waals surface area contributed by atoms with Gasteiger partial charge in [0.25, 0.3) is 0 Å². The van der Waals surface area contributed by atoms with Gasteiger partial charge in [0.15, 0.2) is 0 Å². The number of nitrogens with one attached hydrogen (secondary N) is 1. The molecule has 1 heterocycles. The number of carbonyl (C=O) groups is 1. The zero-order chi connectivity index (χ0) is 11.5. The maximum atomic E-state index is 11.1. The smallest absolute Gasteiger partial charge is 0.451 e. The van der Waals surface area contributed by atoms with Crippen molar-refractivity contribution in [2.24, 2.45) is 5.92 Å². The molecule has 0 spiro atoms. The van der Waals surface area contributed by atoms with Crippen molar-refractivity contribution in [3.63, 3.8) is 0 Å². The molecule has 1 fully saturated rings. The van der Waals surface area contributed by atoms with Gasteiger partial charge in [0.2, 0.25) is 0 Å². The second-order valence-corrected chi connectivity index (χ2v) is 4.33. The van der Waals surface area contributed by atoms with Gasteiger partial charge in [-0.1, -0.05) is 6.42 Å². The van der Waals surface area contributed by atoms with Crippen molar-refractivity contribution in [1.82, 2.24) is 5.32 Å². The molecule has 1 rings (SSSR count). The van der Waals surface area contributed by atoms with Crippen LogP contribution in [0.25, 0.3) is 0 Å². The maximum absolute atomic E-state index is 11.1. The van der Waals surface area contributed by atoms with Gasteiger partial charge >= 0.3 is 13.1 Å². The van der Waals surface area contributed by atoms with Crippen molar-refractivity contribution < 1.29 is 19.9 Å². The molecule has 0 bridgehead atoms. The summed E-state index contributed by atoms with van der Waals surface area (Å²) < 4.78 is 0. The van der Waals surface area contributed by atoms with Crippen molar-refractivity contribution in [2.45, 2.75) is 38.0 Å². The van der Waals surface area contributed by atoms with E-state index in [0.717, 1.165) is 13.0 Å². The van der Waals surface area contributed by atoms with E-state index in [1.54, 1.807) is 6.92 Å². The first-order chi connectivity index (χ1) is 6.97. The predicted molar refractivity (Wildman–Crippen MR) is 56.4 cm³/mol. The number of carboxylic acids is 1. The third-order valence-corrected chi connectivity index (χ3v) is 3.26. The van der Waals surface area contributed by atoms with Crippen molar-refractivity contribution >= 4 is 13.1 Å². The molecule has 0 amide bonds. The first kappa shape index (κ1) is 12.5. The van der Waals surface area contributed by atoms with Crippen molar-refractivity contribution in [1.29, 1.82) is 0 Å². The third-order valence-electron chi connectivity index (χ3n) is 3.26. The molecule has 0 aromatic rings. The highest BCUT2D eigenvalue weighted by molar-refractivity contribution is 6.40. The standard InChI is InChI=1S/C9H18BNO4/c1-9(8(12)13)7(4-6-11-9)3-2-5-10(14)15/h7,11,14-15H,2-6H2,1H3,(H,12,13). The van der Waals surface area contributed by atoms with Gasteiger partial charge in [-0.25, -0.2) is 0 Å². The molecule has 0 aromatic carbocycles. The molecule has 0 aromatic heterocycles. The fourth-order valence-corrected chi connectivity index (χ4v) is 2.17. The molecule has 15 heavy (non-hydrogen) atoms. The molecule has 1 aliphatic heterocycles. The number of rotatable bonds is 5. The average molecular weight is 215 g/mol. The second kappa shape index (κ2) is 4.96. The fourth-order valence-electron chi connectivity index (χ4n) is 2.17. The topological polar surface area (TPSA) is 89.8 Å². The van der Waals surface area contributed by atoms with E-state index in [1.165, 1.54) is 0 Å². The average Bonchev–Trinajstić information content (AvgIpc) is 2.49. The Hall–Kier alpha value is -0.585. The third kappa shape index (κ3) is 2.93. The van der Waals surface area contributed by atoms with Crippen LogP contribution in [0.1, 0.15) is 26.2 Å². The van der Waals surface area contributed by atoms with Crippen LogP contribution in [0.15, 0.2) is 0 Å². The van der Waals surface area contributed by atoms with Crippen LogP contribution in [-0.2, 0) is 4.79 Å². The lowest BCUT2D eigenvalue weighted by atomic mass is 9.78. The number of aliphatic carboxylic acids is 1. The van der Waals surface area contributed by atoms with Gasteiger partial charge in [-0.05, 0) is 38.5 Å². The summed E-state index contributed by atoms with van der Waals surface area (Å²) in [6, 6.07) is 0. The molecule has 5 nitrogen and oxygen atoms in total. The van der Waals surface area contributed by atoms with Crippen molar-refractivity contribution in [2.75, 3.05) is 6.54 Å². The Morgan fingerprint density at radius 2 is 2.27 bits per heavy atom. The minimum Gasteiger partial charge on any atom is -0.480 e. The molecular formula is C9H18BNO4. The maximum Gasteiger partial charge on any atom is 0.451 e. The Balaban J connectivity index is 2.43. The van der Waals surface area contributed by atoms with Gasteiger partial charge in [-0.3, -0.25) is 4.79 Å². The van der Waals surface area contributed by atoms with Gasteiger partial charge in [0.1, 0.15) is 5.54 Å². The van der Waals surface area contributed by atoms with Gasteiger partial charge < -0.3 is 20.5 Å². The molecule has 0 saturated carbocycles. The Kier molecular flexibility index (Phi) is 4.13. The van der Waals surface area contributed by atoms with Crippen LogP contribution in [0, 0.1) is 5.92 Å². The van der Waals surface area contributed by atoms with Crippen LogP contribution in [0.5, 0.6) is 0 Å². The fraction of sp³-hybridized carbons (Fsp3) is 0.889. The van der Waals surface area contributed by atoms with E-state index in [0.29, 0.717) is 19.2 Å². The number of carboxylic acid groups (broad SMARTS) is 1.